The van der Waals surface area contributed by atoms with Crippen LogP contribution in [0.1, 0.15) is 36.8 Å². The molecule has 1 atom stereocenters. The monoisotopic (exact) mass is 285 g/mol. The lowest BCUT2D eigenvalue weighted by Crippen LogP contribution is -2.51. The van der Waals surface area contributed by atoms with E-state index in [1.807, 2.05) is 0 Å². The highest BCUT2D eigenvalue weighted by molar-refractivity contribution is 5.81. The summed E-state index contributed by atoms with van der Waals surface area (Å²) in [5.74, 6) is 2.51. The molecule has 112 valence electrons. The number of hydrogen-bond acceptors (Lipinski definition) is 4. The number of nitrogens with zero attached hydrogens (tertiary/aromatic N) is 2. The average molecular weight is 285 g/mol. The lowest BCUT2D eigenvalue weighted by atomic mass is 9.75. The molecule has 0 saturated heterocycles. The van der Waals surface area contributed by atoms with E-state index in [-0.39, 0.29) is 5.54 Å². The molecule has 4 heteroatoms. The smallest absolute Gasteiger partial charge is 0.192 e. The number of aliphatic imine (C=N–C) groups is 1. The Morgan fingerprint density at radius 3 is 3.05 bits per heavy atom. The van der Waals surface area contributed by atoms with E-state index in [4.69, 9.17) is 10.5 Å². The van der Waals surface area contributed by atoms with Gasteiger partial charge >= 0.3 is 0 Å². The molecule has 0 aromatic heterocycles. The molecule has 21 heavy (non-hydrogen) atoms. The van der Waals surface area contributed by atoms with E-state index in [1.54, 1.807) is 7.11 Å². The molecule has 0 radical (unpaired) electrons. The van der Waals surface area contributed by atoms with Crippen molar-refractivity contribution in [2.45, 2.75) is 37.6 Å². The van der Waals surface area contributed by atoms with Gasteiger partial charge in [-0.3, -0.25) is 4.99 Å². The first-order valence-corrected chi connectivity index (χ1v) is 7.98. The van der Waals surface area contributed by atoms with Crippen LogP contribution in [0.25, 0.3) is 0 Å². The number of ether oxygens (including phenoxy) is 1. The third kappa shape index (κ3) is 2.00. The van der Waals surface area contributed by atoms with Gasteiger partial charge in [-0.05, 0) is 61.3 Å². The molecule has 1 heterocycles. The van der Waals surface area contributed by atoms with E-state index in [9.17, 15) is 0 Å². The van der Waals surface area contributed by atoms with Crippen molar-refractivity contribution >= 4 is 5.96 Å². The van der Waals surface area contributed by atoms with Crippen LogP contribution in [0.15, 0.2) is 23.2 Å². The zero-order valence-corrected chi connectivity index (χ0v) is 12.6. The maximum absolute atomic E-state index is 6.23. The summed E-state index contributed by atoms with van der Waals surface area (Å²) in [6.07, 6.45) is 6.17. The number of nitrogens with two attached hydrogens (primary N) is 1. The van der Waals surface area contributed by atoms with Crippen LogP contribution >= 0.6 is 0 Å². The molecular weight excluding hydrogens is 262 g/mol. The van der Waals surface area contributed by atoms with Gasteiger partial charge in [-0.2, -0.15) is 0 Å². The Morgan fingerprint density at radius 1 is 1.43 bits per heavy atom. The third-order valence-corrected chi connectivity index (χ3v) is 5.28. The second kappa shape index (κ2) is 4.65. The van der Waals surface area contributed by atoms with Crippen molar-refractivity contribution in [3.05, 3.63) is 29.3 Å². The summed E-state index contributed by atoms with van der Waals surface area (Å²) in [7, 11) is 1.73. The van der Waals surface area contributed by atoms with Gasteiger partial charge in [-0.1, -0.05) is 6.07 Å². The molecule has 1 fully saturated rings. The van der Waals surface area contributed by atoms with E-state index >= 15 is 0 Å². The largest absolute Gasteiger partial charge is 0.497 e. The van der Waals surface area contributed by atoms with E-state index in [0.717, 1.165) is 43.6 Å². The van der Waals surface area contributed by atoms with Crippen LogP contribution in [-0.4, -0.2) is 31.1 Å². The summed E-state index contributed by atoms with van der Waals surface area (Å²) in [5.41, 5.74) is 9.06. The minimum atomic E-state index is 0.00648. The standard InChI is InChI=1S/C17H23N3O/c1-21-14-6-7-15-13(9-14)3-2-8-17(15)11-19-16(18)20(17)10-12-4-5-12/h6-7,9,12H,2-5,8,10-11H2,1H3,(H2,18,19). The zero-order chi connectivity index (χ0) is 14.4. The Bertz CT molecular complexity index is 594. The summed E-state index contributed by atoms with van der Waals surface area (Å²) in [5, 5.41) is 0. The molecule has 1 aromatic carbocycles. The minimum absolute atomic E-state index is 0.00648. The van der Waals surface area contributed by atoms with Crippen LogP contribution in [-0.2, 0) is 12.0 Å². The van der Waals surface area contributed by atoms with Crippen molar-refractivity contribution in [2.24, 2.45) is 16.6 Å². The molecule has 4 nitrogen and oxygen atoms in total. The fraction of sp³-hybridized carbons (Fsp3) is 0.588. The maximum atomic E-state index is 6.23. The van der Waals surface area contributed by atoms with Gasteiger partial charge in [0.25, 0.3) is 0 Å². The predicted octanol–water partition coefficient (Wildman–Crippen LogP) is 2.27. The summed E-state index contributed by atoms with van der Waals surface area (Å²) in [4.78, 5) is 7.00. The molecule has 0 bridgehead atoms. The van der Waals surface area contributed by atoms with Crippen molar-refractivity contribution in [2.75, 3.05) is 20.2 Å². The Hall–Kier alpha value is -1.71. The quantitative estimate of drug-likeness (QED) is 0.927. The highest BCUT2D eigenvalue weighted by atomic mass is 16.5. The number of benzene rings is 1. The van der Waals surface area contributed by atoms with Crippen LogP contribution in [0.4, 0.5) is 0 Å². The Labute approximate surface area is 126 Å². The van der Waals surface area contributed by atoms with Gasteiger partial charge in [0.2, 0.25) is 0 Å². The Balaban J connectivity index is 1.75. The minimum Gasteiger partial charge on any atom is -0.497 e. The molecule has 1 saturated carbocycles. The Kier molecular flexibility index (Phi) is 2.88. The molecule has 1 aromatic rings. The summed E-state index contributed by atoms with van der Waals surface area (Å²) in [6, 6.07) is 6.51. The summed E-state index contributed by atoms with van der Waals surface area (Å²) < 4.78 is 5.39. The van der Waals surface area contributed by atoms with Gasteiger partial charge in [-0.15, -0.1) is 0 Å². The second-order valence-corrected chi connectivity index (χ2v) is 6.64. The lowest BCUT2D eigenvalue weighted by molar-refractivity contribution is 0.166. The number of methoxy groups -OCH3 is 1. The average Bonchev–Trinajstić information content (AvgIpc) is 3.28. The van der Waals surface area contributed by atoms with Crippen LogP contribution in [0.5, 0.6) is 5.75 Å². The molecule has 0 amide bonds. The number of fused-ring (bicyclic) bond motifs is 2. The normalized spacial score (nSPS) is 27.7. The molecule has 2 aliphatic carbocycles. The lowest BCUT2D eigenvalue weighted by Gasteiger charge is -2.43. The molecule has 2 N–H and O–H groups in total. The Morgan fingerprint density at radius 2 is 2.29 bits per heavy atom. The molecular formula is C17H23N3O. The van der Waals surface area contributed by atoms with Crippen LogP contribution in [0.2, 0.25) is 0 Å². The van der Waals surface area contributed by atoms with Gasteiger partial charge in [0.05, 0.1) is 19.2 Å². The number of hydrogen-bond donors (Lipinski definition) is 1. The first-order valence-electron chi connectivity index (χ1n) is 7.98. The van der Waals surface area contributed by atoms with E-state index in [2.05, 4.69) is 28.1 Å². The molecule has 3 aliphatic rings. The first-order chi connectivity index (χ1) is 10.2. The molecule has 1 spiro atoms. The highest BCUT2D eigenvalue weighted by Crippen LogP contribution is 2.45. The molecule has 1 unspecified atom stereocenters. The van der Waals surface area contributed by atoms with Crippen LogP contribution < -0.4 is 10.5 Å². The fourth-order valence-electron chi connectivity index (χ4n) is 3.94. The van der Waals surface area contributed by atoms with E-state index in [1.165, 1.54) is 30.4 Å². The maximum Gasteiger partial charge on any atom is 0.192 e. The zero-order valence-electron chi connectivity index (χ0n) is 12.6. The van der Waals surface area contributed by atoms with Crippen molar-refractivity contribution in [3.8, 4) is 5.75 Å². The fourth-order valence-corrected chi connectivity index (χ4v) is 3.94. The molecule has 1 aliphatic heterocycles. The van der Waals surface area contributed by atoms with Crippen molar-refractivity contribution in [1.82, 2.24) is 4.90 Å². The molecule has 4 rings (SSSR count). The van der Waals surface area contributed by atoms with Crippen LogP contribution in [0.3, 0.4) is 0 Å². The highest BCUT2D eigenvalue weighted by Gasteiger charge is 2.47. The van der Waals surface area contributed by atoms with Crippen LogP contribution in [0, 0.1) is 5.92 Å². The first kappa shape index (κ1) is 13.0. The number of guanidine groups is 1. The van der Waals surface area contributed by atoms with Crippen molar-refractivity contribution in [1.29, 1.82) is 0 Å². The van der Waals surface area contributed by atoms with E-state index < -0.39 is 0 Å². The van der Waals surface area contributed by atoms with Crippen molar-refractivity contribution < 1.29 is 4.74 Å². The summed E-state index contributed by atoms with van der Waals surface area (Å²) >= 11 is 0. The second-order valence-electron chi connectivity index (χ2n) is 6.64. The SMILES string of the molecule is COc1ccc2c(c1)CCCC21CN=C(N)N1CC1CC1. The van der Waals surface area contributed by atoms with Gasteiger partial charge in [0, 0.05) is 6.54 Å². The van der Waals surface area contributed by atoms with Gasteiger partial charge in [0.1, 0.15) is 5.75 Å². The van der Waals surface area contributed by atoms with Gasteiger partial charge in [0.15, 0.2) is 5.96 Å². The number of rotatable bonds is 3. The summed E-state index contributed by atoms with van der Waals surface area (Å²) in [6.45, 7) is 1.88. The number of aryl methyl sites for hydroxylation is 1. The topological polar surface area (TPSA) is 50.9 Å². The van der Waals surface area contributed by atoms with E-state index in [0.29, 0.717) is 0 Å². The van der Waals surface area contributed by atoms with Crippen molar-refractivity contribution in [3.63, 3.8) is 0 Å². The predicted molar refractivity (Wildman–Crippen MR) is 83.5 cm³/mol. The van der Waals surface area contributed by atoms with Gasteiger partial charge < -0.3 is 15.4 Å². The van der Waals surface area contributed by atoms with Gasteiger partial charge in [-0.25, -0.2) is 0 Å². The third-order valence-electron chi connectivity index (χ3n) is 5.28.